The fourth-order valence-corrected chi connectivity index (χ4v) is 6.80. The third-order valence-corrected chi connectivity index (χ3v) is 9.26. The second-order valence-electron chi connectivity index (χ2n) is 16.4. The maximum atomic E-state index is 14.1. The van der Waals surface area contributed by atoms with Crippen LogP contribution in [-0.4, -0.2) is 88.2 Å². The number of thiophene rings is 1. The van der Waals surface area contributed by atoms with Crippen molar-refractivity contribution >= 4 is 53.2 Å². The van der Waals surface area contributed by atoms with Gasteiger partial charge in [0.25, 0.3) is 5.91 Å². The largest absolute Gasteiger partial charge is 0.469 e. The Labute approximate surface area is 337 Å². The summed E-state index contributed by atoms with van der Waals surface area (Å²) in [5, 5.41) is 2.91. The van der Waals surface area contributed by atoms with Crippen molar-refractivity contribution in [3.63, 3.8) is 0 Å². The number of amidine groups is 1. The summed E-state index contributed by atoms with van der Waals surface area (Å²) in [4.78, 5) is 88.3. The summed E-state index contributed by atoms with van der Waals surface area (Å²) in [7, 11) is 1.34. The molecular weight excluding hydrogens is 753 g/mol. The number of benzene rings is 2. The quantitative estimate of drug-likeness (QED) is 0.106. The zero-order valence-corrected chi connectivity index (χ0v) is 35.0. The van der Waals surface area contributed by atoms with E-state index in [-0.39, 0.29) is 35.8 Å². The van der Waals surface area contributed by atoms with Crippen LogP contribution in [0.15, 0.2) is 65.7 Å². The van der Waals surface area contributed by atoms with E-state index in [9.17, 15) is 28.8 Å². The molecule has 0 bridgehead atoms. The molecule has 1 aliphatic heterocycles. The van der Waals surface area contributed by atoms with E-state index >= 15 is 0 Å². The van der Waals surface area contributed by atoms with Gasteiger partial charge in [0.1, 0.15) is 22.8 Å². The van der Waals surface area contributed by atoms with Crippen molar-refractivity contribution in [3.05, 3.63) is 92.7 Å². The average molecular weight is 805 g/mol. The van der Waals surface area contributed by atoms with Crippen molar-refractivity contribution in [1.29, 1.82) is 0 Å². The number of carbonyl (C=O) groups excluding carboxylic acids is 6. The van der Waals surface area contributed by atoms with Crippen LogP contribution in [0.5, 0.6) is 0 Å². The van der Waals surface area contributed by atoms with Crippen molar-refractivity contribution < 1.29 is 47.7 Å². The number of methoxy groups -OCH3 is 1. The van der Waals surface area contributed by atoms with E-state index in [1.54, 1.807) is 67.2 Å². The Morgan fingerprint density at radius 2 is 1.37 bits per heavy atom. The molecule has 57 heavy (non-hydrogen) atoms. The van der Waals surface area contributed by atoms with Gasteiger partial charge in [-0.2, -0.15) is 9.89 Å². The normalized spacial score (nSPS) is 13.8. The molecule has 0 unspecified atom stereocenters. The molecule has 3 aromatic rings. The van der Waals surface area contributed by atoms with E-state index < -0.39 is 52.9 Å². The van der Waals surface area contributed by atoms with Gasteiger partial charge in [0.2, 0.25) is 5.91 Å². The molecule has 14 nitrogen and oxygen atoms in total. The van der Waals surface area contributed by atoms with Crippen LogP contribution >= 0.6 is 11.3 Å². The molecule has 306 valence electrons. The number of amides is 5. The van der Waals surface area contributed by atoms with Crippen molar-refractivity contribution in [1.82, 2.24) is 15.1 Å². The number of imide groups is 1. The van der Waals surface area contributed by atoms with E-state index in [4.69, 9.17) is 18.9 Å². The van der Waals surface area contributed by atoms with Gasteiger partial charge in [-0.1, -0.05) is 42.5 Å². The van der Waals surface area contributed by atoms with E-state index in [1.165, 1.54) is 42.7 Å². The first kappa shape index (κ1) is 44.1. The van der Waals surface area contributed by atoms with Gasteiger partial charge in [-0.3, -0.25) is 14.4 Å². The fourth-order valence-electron chi connectivity index (χ4n) is 5.64. The summed E-state index contributed by atoms with van der Waals surface area (Å²) >= 11 is 1.53. The summed E-state index contributed by atoms with van der Waals surface area (Å²) < 4.78 is 21.3. The number of rotatable bonds is 8. The lowest BCUT2D eigenvalue weighted by molar-refractivity contribution is -0.139. The highest BCUT2D eigenvalue weighted by atomic mass is 32.1. The lowest BCUT2D eigenvalue weighted by Crippen LogP contribution is -2.50. The van der Waals surface area contributed by atoms with Crippen LogP contribution in [0.4, 0.5) is 14.4 Å². The molecule has 1 N–H and O–H groups in total. The van der Waals surface area contributed by atoms with Gasteiger partial charge < -0.3 is 29.2 Å². The Bertz CT molecular complexity index is 1960. The Morgan fingerprint density at radius 3 is 1.91 bits per heavy atom. The highest BCUT2D eigenvalue weighted by Crippen LogP contribution is 2.29. The van der Waals surface area contributed by atoms with Gasteiger partial charge in [0, 0.05) is 40.4 Å². The van der Waals surface area contributed by atoms with Gasteiger partial charge in [-0.15, -0.1) is 11.3 Å². The van der Waals surface area contributed by atoms with Crippen LogP contribution in [-0.2, 0) is 54.3 Å². The van der Waals surface area contributed by atoms with Crippen LogP contribution in [0.25, 0.3) is 0 Å². The van der Waals surface area contributed by atoms with E-state index in [0.717, 1.165) is 20.9 Å². The third kappa shape index (κ3) is 13.3. The van der Waals surface area contributed by atoms with Gasteiger partial charge in [-0.25, -0.2) is 14.4 Å². The molecule has 1 aliphatic rings. The lowest BCUT2D eigenvalue weighted by atomic mass is 10.0. The van der Waals surface area contributed by atoms with Gasteiger partial charge in [-0.05, 0) is 98.1 Å². The summed E-state index contributed by atoms with van der Waals surface area (Å²) in [5.74, 6) is -1.63. The minimum absolute atomic E-state index is 0.0810. The molecule has 0 fully saturated rings. The minimum atomic E-state index is -1.16. The number of hydrogen-bond acceptors (Lipinski definition) is 11. The van der Waals surface area contributed by atoms with Crippen LogP contribution in [0.2, 0.25) is 0 Å². The number of carbonyl (C=O) groups is 6. The monoisotopic (exact) mass is 804 g/mol. The van der Waals surface area contributed by atoms with E-state index in [2.05, 4.69) is 10.3 Å². The number of ether oxygens (including phenoxy) is 4. The summed E-state index contributed by atoms with van der Waals surface area (Å²) in [5.41, 5.74) is -1.03. The number of esters is 1. The van der Waals surface area contributed by atoms with E-state index in [1.807, 2.05) is 36.4 Å². The van der Waals surface area contributed by atoms with Gasteiger partial charge in [0.05, 0.1) is 13.5 Å². The van der Waals surface area contributed by atoms with Crippen LogP contribution < -0.4 is 5.32 Å². The molecule has 0 saturated carbocycles. The molecule has 1 atom stereocenters. The summed E-state index contributed by atoms with van der Waals surface area (Å²) in [6.45, 7) is 15.3. The molecule has 2 aromatic carbocycles. The Balaban J connectivity index is 1.65. The molecule has 15 heteroatoms. The van der Waals surface area contributed by atoms with Crippen LogP contribution in [0, 0.1) is 0 Å². The SMILES string of the molecule is COC(=O)Cc1cc2c(s1)CCN(C(=O)[C@H](Cc1ccccc1)NC(=O)c1ccc(/C(=N\C(=O)OC(C)(C)C)N(C(=O)OC(C)(C)C)C(=O)OC(C)(C)C)cc1)C2. The number of nitrogens with zero attached hydrogens (tertiary/aromatic N) is 3. The Kier molecular flexibility index (Phi) is 14.0. The zero-order chi connectivity index (χ0) is 42.3. The Hall–Kier alpha value is -5.57. The lowest BCUT2D eigenvalue weighted by Gasteiger charge is -2.31. The highest BCUT2D eigenvalue weighted by Gasteiger charge is 2.37. The standard InChI is InChI=1S/C42H52N4O10S/c1-40(2,3)54-37(50)44-34(46(38(51)55-41(4,5)6)39(52)56-42(7,8)9)27-16-18-28(19-17-27)35(48)43-31(22-26-14-12-11-13-15-26)36(49)45-21-20-32-29(25-45)23-30(57-32)24-33(47)53-10/h11-19,23,31H,20-22,24-25H2,1-10H3,(H,43,48)/b44-34+/t31-/m0/s1. The summed E-state index contributed by atoms with van der Waals surface area (Å²) in [6, 6.07) is 16.0. The zero-order valence-electron chi connectivity index (χ0n) is 34.2. The van der Waals surface area contributed by atoms with Crippen molar-refractivity contribution in [2.75, 3.05) is 13.7 Å². The molecule has 0 spiro atoms. The molecule has 1 aromatic heterocycles. The van der Waals surface area contributed by atoms with Gasteiger partial charge in [0.15, 0.2) is 5.84 Å². The van der Waals surface area contributed by atoms with Crippen LogP contribution in [0.3, 0.4) is 0 Å². The maximum Gasteiger partial charge on any atom is 0.436 e. The molecule has 0 saturated heterocycles. The predicted molar refractivity (Wildman–Crippen MR) is 214 cm³/mol. The van der Waals surface area contributed by atoms with Crippen molar-refractivity contribution in [2.24, 2.45) is 4.99 Å². The second-order valence-corrected chi connectivity index (χ2v) is 17.7. The smallest absolute Gasteiger partial charge is 0.436 e. The predicted octanol–water partition coefficient (Wildman–Crippen LogP) is 7.24. The van der Waals surface area contributed by atoms with Crippen molar-refractivity contribution in [2.45, 2.75) is 111 Å². The highest BCUT2D eigenvalue weighted by molar-refractivity contribution is 7.12. The van der Waals surface area contributed by atoms with E-state index in [0.29, 0.717) is 24.4 Å². The number of fused-ring (bicyclic) bond motifs is 1. The first-order valence-corrected chi connectivity index (χ1v) is 19.3. The van der Waals surface area contributed by atoms with Crippen molar-refractivity contribution in [3.8, 4) is 0 Å². The number of hydrogen-bond donors (Lipinski definition) is 1. The number of nitrogens with one attached hydrogen (secondary N) is 1. The first-order chi connectivity index (χ1) is 26.5. The van der Waals surface area contributed by atoms with Gasteiger partial charge >= 0.3 is 24.2 Å². The maximum absolute atomic E-state index is 14.1. The summed E-state index contributed by atoms with van der Waals surface area (Å²) in [6.07, 6.45) is -2.42. The number of aliphatic imine (C=N–C) groups is 1. The third-order valence-electron chi connectivity index (χ3n) is 8.02. The molecule has 5 amide bonds. The van der Waals surface area contributed by atoms with Crippen LogP contribution in [0.1, 0.15) is 99.1 Å². The fraction of sp³-hybridized carbons (Fsp3) is 0.452. The first-order valence-electron chi connectivity index (χ1n) is 18.5. The minimum Gasteiger partial charge on any atom is -0.469 e. The second kappa shape index (κ2) is 18.1. The molecule has 2 heterocycles. The average Bonchev–Trinajstić information content (AvgIpc) is 3.50. The molecule has 0 aliphatic carbocycles. The topological polar surface area (TPSA) is 170 Å². The molecular formula is C42H52N4O10S. The molecule has 4 rings (SSSR count). The Morgan fingerprint density at radius 1 is 0.807 bits per heavy atom. The molecule has 0 radical (unpaired) electrons.